The first-order valence-corrected chi connectivity index (χ1v) is 7.39. The highest BCUT2D eigenvalue weighted by Crippen LogP contribution is 2.19. The van der Waals surface area contributed by atoms with E-state index in [0.717, 1.165) is 38.3 Å². The van der Waals surface area contributed by atoms with Crippen LogP contribution in [0.3, 0.4) is 0 Å². The van der Waals surface area contributed by atoms with Crippen LogP contribution in [-0.2, 0) is 6.54 Å². The zero-order valence-corrected chi connectivity index (χ0v) is 12.1. The number of rotatable bonds is 4. The second-order valence-electron chi connectivity index (χ2n) is 5.51. The van der Waals surface area contributed by atoms with Crippen molar-refractivity contribution in [3.8, 4) is 0 Å². The van der Waals surface area contributed by atoms with E-state index in [-0.39, 0.29) is 0 Å². The lowest BCUT2D eigenvalue weighted by molar-refractivity contribution is 0.211. The van der Waals surface area contributed by atoms with Crippen LogP contribution in [0, 0.1) is 0 Å². The first-order valence-electron chi connectivity index (χ1n) is 7.39. The zero-order chi connectivity index (χ0) is 14.5. The highest BCUT2D eigenvalue weighted by atomic mass is 15.2. The lowest BCUT2D eigenvalue weighted by atomic mass is 10.0. The highest BCUT2D eigenvalue weighted by Gasteiger charge is 2.19. The number of nitrogens with one attached hydrogen (secondary N) is 1. The Morgan fingerprint density at radius 3 is 2.67 bits per heavy atom. The zero-order valence-electron chi connectivity index (χ0n) is 12.1. The van der Waals surface area contributed by atoms with Gasteiger partial charge in [0.2, 0.25) is 0 Å². The Bertz CT molecular complexity index is 564. The van der Waals surface area contributed by atoms with Gasteiger partial charge in [0.15, 0.2) is 5.82 Å². The number of nitrogens with zero attached hydrogens (tertiary/aromatic N) is 3. The van der Waals surface area contributed by atoms with Crippen LogP contribution in [0.2, 0.25) is 0 Å². The van der Waals surface area contributed by atoms with E-state index >= 15 is 0 Å². The van der Waals surface area contributed by atoms with E-state index in [9.17, 15) is 0 Å². The van der Waals surface area contributed by atoms with Crippen molar-refractivity contribution in [3.63, 3.8) is 0 Å². The molecular formula is C16H21N5. The summed E-state index contributed by atoms with van der Waals surface area (Å²) in [5, 5.41) is 3.43. The van der Waals surface area contributed by atoms with Gasteiger partial charge in [-0.3, -0.25) is 4.90 Å². The van der Waals surface area contributed by atoms with Crippen molar-refractivity contribution in [1.82, 2.24) is 14.9 Å². The van der Waals surface area contributed by atoms with E-state index in [1.807, 2.05) is 0 Å². The molecule has 3 rings (SSSR count). The molecule has 1 saturated heterocycles. The summed E-state index contributed by atoms with van der Waals surface area (Å²) in [6.45, 7) is 3.22. The Morgan fingerprint density at radius 1 is 1.19 bits per heavy atom. The molecule has 2 heterocycles. The number of likely N-dealkylation sites (tertiary alicyclic amines) is 1. The van der Waals surface area contributed by atoms with E-state index in [2.05, 4.69) is 50.5 Å². The Balaban J connectivity index is 1.50. The second-order valence-corrected chi connectivity index (χ2v) is 5.51. The van der Waals surface area contributed by atoms with E-state index in [1.54, 1.807) is 6.20 Å². The first-order chi connectivity index (χ1) is 10.3. The molecule has 0 spiro atoms. The van der Waals surface area contributed by atoms with Crippen LogP contribution >= 0.6 is 0 Å². The maximum absolute atomic E-state index is 5.87. The van der Waals surface area contributed by atoms with Gasteiger partial charge in [-0.05, 0) is 18.4 Å². The van der Waals surface area contributed by atoms with Crippen molar-refractivity contribution in [1.29, 1.82) is 0 Å². The fourth-order valence-corrected chi connectivity index (χ4v) is 2.73. The molecule has 0 atom stereocenters. The van der Waals surface area contributed by atoms with Gasteiger partial charge in [0.05, 0.1) is 11.9 Å². The standard InChI is InChI=1S/C16H21N5/c17-15-10-18-12-19-16(15)20-14-6-8-21(9-7-14)11-13-4-2-1-3-5-13/h1-5,10,12,14H,6-9,11,17H2,(H,18,19,20). The van der Waals surface area contributed by atoms with E-state index in [4.69, 9.17) is 5.73 Å². The van der Waals surface area contributed by atoms with E-state index in [1.165, 1.54) is 11.9 Å². The van der Waals surface area contributed by atoms with Gasteiger partial charge in [-0.2, -0.15) is 0 Å². The summed E-state index contributed by atoms with van der Waals surface area (Å²) in [6, 6.07) is 11.1. The van der Waals surface area contributed by atoms with Gasteiger partial charge < -0.3 is 11.1 Å². The third kappa shape index (κ3) is 3.70. The van der Waals surface area contributed by atoms with Crippen LogP contribution in [0.1, 0.15) is 18.4 Å². The number of nitrogens with two attached hydrogens (primary N) is 1. The second kappa shape index (κ2) is 6.54. The van der Waals surface area contributed by atoms with Gasteiger partial charge in [0.25, 0.3) is 0 Å². The molecule has 0 unspecified atom stereocenters. The molecule has 0 saturated carbocycles. The third-order valence-electron chi connectivity index (χ3n) is 3.92. The number of anilines is 2. The summed E-state index contributed by atoms with van der Waals surface area (Å²) >= 11 is 0. The van der Waals surface area contributed by atoms with Gasteiger partial charge in [-0.25, -0.2) is 9.97 Å². The number of nitrogen functional groups attached to an aromatic ring is 1. The van der Waals surface area contributed by atoms with Crippen molar-refractivity contribution in [2.45, 2.75) is 25.4 Å². The highest BCUT2D eigenvalue weighted by molar-refractivity contribution is 5.59. The van der Waals surface area contributed by atoms with Gasteiger partial charge in [-0.1, -0.05) is 30.3 Å². The predicted molar refractivity (Wildman–Crippen MR) is 84.8 cm³/mol. The molecule has 1 aromatic carbocycles. The number of benzene rings is 1. The summed E-state index contributed by atoms with van der Waals surface area (Å²) in [5.41, 5.74) is 7.86. The molecule has 0 amide bonds. The maximum Gasteiger partial charge on any atom is 0.152 e. The van der Waals surface area contributed by atoms with E-state index in [0.29, 0.717) is 11.7 Å². The number of hydrogen-bond donors (Lipinski definition) is 2. The van der Waals surface area contributed by atoms with Crippen LogP contribution in [0.5, 0.6) is 0 Å². The van der Waals surface area contributed by atoms with Crippen LogP contribution in [-0.4, -0.2) is 34.0 Å². The molecule has 2 aromatic rings. The van der Waals surface area contributed by atoms with Gasteiger partial charge in [-0.15, -0.1) is 0 Å². The molecule has 110 valence electrons. The third-order valence-corrected chi connectivity index (χ3v) is 3.92. The molecule has 21 heavy (non-hydrogen) atoms. The summed E-state index contributed by atoms with van der Waals surface area (Å²) in [5.74, 6) is 0.756. The number of piperidine rings is 1. The van der Waals surface area contributed by atoms with Gasteiger partial charge in [0, 0.05) is 25.7 Å². The number of hydrogen-bond acceptors (Lipinski definition) is 5. The van der Waals surface area contributed by atoms with Crippen LogP contribution in [0.15, 0.2) is 42.9 Å². The van der Waals surface area contributed by atoms with Crippen molar-refractivity contribution in [3.05, 3.63) is 48.4 Å². The molecule has 1 aliphatic rings. The van der Waals surface area contributed by atoms with Crippen LogP contribution < -0.4 is 11.1 Å². The first kappa shape index (κ1) is 13.8. The fraction of sp³-hybridized carbons (Fsp3) is 0.375. The minimum absolute atomic E-state index is 0.439. The number of aromatic nitrogens is 2. The molecule has 0 aliphatic carbocycles. The van der Waals surface area contributed by atoms with Crippen molar-refractivity contribution >= 4 is 11.5 Å². The molecule has 1 aromatic heterocycles. The Labute approximate surface area is 125 Å². The van der Waals surface area contributed by atoms with E-state index < -0.39 is 0 Å². The summed E-state index contributed by atoms with van der Waals surface area (Å²) in [4.78, 5) is 10.6. The molecule has 0 bridgehead atoms. The molecule has 1 aliphatic heterocycles. The summed E-state index contributed by atoms with van der Waals surface area (Å²) in [6.07, 6.45) is 5.38. The smallest absolute Gasteiger partial charge is 0.152 e. The molecule has 0 radical (unpaired) electrons. The molecule has 5 nitrogen and oxygen atoms in total. The molecular weight excluding hydrogens is 262 g/mol. The van der Waals surface area contributed by atoms with Gasteiger partial charge in [0.1, 0.15) is 6.33 Å². The summed E-state index contributed by atoms with van der Waals surface area (Å²) < 4.78 is 0. The molecule has 5 heteroatoms. The lowest BCUT2D eigenvalue weighted by Crippen LogP contribution is -2.38. The molecule has 1 fully saturated rings. The topological polar surface area (TPSA) is 67.1 Å². The largest absolute Gasteiger partial charge is 0.394 e. The average Bonchev–Trinajstić information content (AvgIpc) is 2.52. The molecule has 3 N–H and O–H groups in total. The quantitative estimate of drug-likeness (QED) is 0.900. The Morgan fingerprint density at radius 2 is 1.95 bits per heavy atom. The SMILES string of the molecule is Nc1cncnc1NC1CCN(Cc2ccccc2)CC1. The van der Waals surface area contributed by atoms with Crippen LogP contribution in [0.4, 0.5) is 11.5 Å². The van der Waals surface area contributed by atoms with Gasteiger partial charge >= 0.3 is 0 Å². The minimum atomic E-state index is 0.439. The normalized spacial score (nSPS) is 16.8. The van der Waals surface area contributed by atoms with Crippen molar-refractivity contribution < 1.29 is 0 Å². The predicted octanol–water partition coefficient (Wildman–Crippen LogP) is 2.14. The van der Waals surface area contributed by atoms with Crippen molar-refractivity contribution in [2.75, 3.05) is 24.1 Å². The fourth-order valence-electron chi connectivity index (χ4n) is 2.73. The Kier molecular flexibility index (Phi) is 4.31. The van der Waals surface area contributed by atoms with Crippen LogP contribution in [0.25, 0.3) is 0 Å². The average molecular weight is 283 g/mol. The van der Waals surface area contributed by atoms with Crippen molar-refractivity contribution in [2.24, 2.45) is 0 Å². The monoisotopic (exact) mass is 283 g/mol. The summed E-state index contributed by atoms with van der Waals surface area (Å²) in [7, 11) is 0. The maximum atomic E-state index is 5.87. The lowest BCUT2D eigenvalue weighted by Gasteiger charge is -2.32. The Hall–Kier alpha value is -2.14. The minimum Gasteiger partial charge on any atom is -0.394 e.